The van der Waals surface area contributed by atoms with Gasteiger partial charge in [0.2, 0.25) is 0 Å². The number of benzene rings is 1. The zero-order chi connectivity index (χ0) is 17.2. The topological polar surface area (TPSA) is 61.5 Å². The molecule has 134 valence electrons. The summed E-state index contributed by atoms with van der Waals surface area (Å²) in [5.74, 6) is 1.45. The van der Waals surface area contributed by atoms with E-state index in [4.69, 9.17) is 10.5 Å². The molecule has 1 atom stereocenters. The molecule has 1 saturated carbocycles. The van der Waals surface area contributed by atoms with Gasteiger partial charge in [0, 0.05) is 0 Å². The molecule has 0 amide bonds. The van der Waals surface area contributed by atoms with Gasteiger partial charge in [0.1, 0.15) is 11.8 Å². The first-order valence-corrected chi connectivity index (χ1v) is 9.24. The molecule has 0 heterocycles. The summed E-state index contributed by atoms with van der Waals surface area (Å²) in [6.45, 7) is 0.772. The SMILES string of the molecule is COC(=O)C(N)Cc1ccc(OCCCCC2CCCCC2)cc1. The van der Waals surface area contributed by atoms with Crippen LogP contribution >= 0.6 is 0 Å². The molecule has 1 aliphatic rings. The maximum atomic E-state index is 11.3. The second-order valence-corrected chi connectivity index (χ2v) is 6.83. The smallest absolute Gasteiger partial charge is 0.322 e. The van der Waals surface area contributed by atoms with Gasteiger partial charge in [0.05, 0.1) is 13.7 Å². The van der Waals surface area contributed by atoms with Gasteiger partial charge in [-0.05, 0) is 42.9 Å². The van der Waals surface area contributed by atoms with Crippen molar-refractivity contribution >= 4 is 5.97 Å². The number of methoxy groups -OCH3 is 1. The Kier molecular flexibility index (Phi) is 8.10. The van der Waals surface area contributed by atoms with Crippen LogP contribution < -0.4 is 10.5 Å². The van der Waals surface area contributed by atoms with E-state index in [0.717, 1.165) is 30.3 Å². The van der Waals surface area contributed by atoms with Crippen LogP contribution in [0.2, 0.25) is 0 Å². The van der Waals surface area contributed by atoms with Crippen molar-refractivity contribution in [1.82, 2.24) is 0 Å². The number of esters is 1. The van der Waals surface area contributed by atoms with E-state index in [1.807, 2.05) is 24.3 Å². The number of nitrogens with two attached hydrogens (primary N) is 1. The average Bonchev–Trinajstić information content (AvgIpc) is 2.63. The number of rotatable bonds is 9. The fourth-order valence-corrected chi connectivity index (χ4v) is 3.41. The number of ether oxygens (including phenoxy) is 2. The highest BCUT2D eigenvalue weighted by molar-refractivity contribution is 5.75. The van der Waals surface area contributed by atoms with Crippen LogP contribution in [0, 0.1) is 5.92 Å². The number of hydrogen-bond acceptors (Lipinski definition) is 4. The summed E-state index contributed by atoms with van der Waals surface area (Å²) in [6, 6.07) is 7.20. The minimum atomic E-state index is -0.610. The zero-order valence-corrected chi connectivity index (χ0v) is 14.8. The monoisotopic (exact) mass is 333 g/mol. The Balaban J connectivity index is 1.62. The van der Waals surface area contributed by atoms with Gasteiger partial charge in [0.15, 0.2) is 0 Å². The summed E-state index contributed by atoms with van der Waals surface area (Å²) in [5, 5.41) is 0. The van der Waals surface area contributed by atoms with Crippen molar-refractivity contribution in [2.24, 2.45) is 11.7 Å². The molecule has 2 N–H and O–H groups in total. The molecule has 1 aliphatic carbocycles. The van der Waals surface area contributed by atoms with Crippen LogP contribution in [0.5, 0.6) is 5.75 Å². The van der Waals surface area contributed by atoms with Gasteiger partial charge in [-0.2, -0.15) is 0 Å². The van der Waals surface area contributed by atoms with Crippen LogP contribution in [-0.2, 0) is 16.0 Å². The molecule has 1 aromatic carbocycles. The van der Waals surface area contributed by atoms with Gasteiger partial charge >= 0.3 is 5.97 Å². The average molecular weight is 333 g/mol. The summed E-state index contributed by atoms with van der Waals surface area (Å²) in [4.78, 5) is 11.3. The summed E-state index contributed by atoms with van der Waals surface area (Å²) < 4.78 is 10.4. The highest BCUT2D eigenvalue weighted by Gasteiger charge is 2.14. The van der Waals surface area contributed by atoms with Crippen LogP contribution in [0.15, 0.2) is 24.3 Å². The predicted octanol–water partition coefficient (Wildman–Crippen LogP) is 3.86. The molecule has 1 aromatic rings. The van der Waals surface area contributed by atoms with Crippen molar-refractivity contribution in [3.05, 3.63) is 29.8 Å². The number of carbonyl (C=O) groups excluding carboxylic acids is 1. The van der Waals surface area contributed by atoms with E-state index in [9.17, 15) is 4.79 Å². The highest BCUT2D eigenvalue weighted by atomic mass is 16.5. The zero-order valence-electron chi connectivity index (χ0n) is 14.8. The maximum Gasteiger partial charge on any atom is 0.322 e. The van der Waals surface area contributed by atoms with Gasteiger partial charge < -0.3 is 15.2 Å². The Morgan fingerprint density at radius 3 is 2.54 bits per heavy atom. The lowest BCUT2D eigenvalue weighted by Crippen LogP contribution is -2.33. The van der Waals surface area contributed by atoms with E-state index in [1.165, 1.54) is 52.1 Å². The molecule has 4 nitrogen and oxygen atoms in total. The van der Waals surface area contributed by atoms with Gasteiger partial charge in [-0.3, -0.25) is 4.79 Å². The molecule has 0 radical (unpaired) electrons. The van der Waals surface area contributed by atoms with E-state index in [0.29, 0.717) is 6.42 Å². The third-order valence-corrected chi connectivity index (χ3v) is 4.88. The van der Waals surface area contributed by atoms with Crippen molar-refractivity contribution in [3.8, 4) is 5.75 Å². The molecular formula is C20H31NO3. The van der Waals surface area contributed by atoms with Gasteiger partial charge in [-0.25, -0.2) is 0 Å². The minimum Gasteiger partial charge on any atom is -0.494 e. The molecule has 1 fully saturated rings. The van der Waals surface area contributed by atoms with Crippen molar-refractivity contribution in [1.29, 1.82) is 0 Å². The molecule has 0 saturated heterocycles. The highest BCUT2D eigenvalue weighted by Crippen LogP contribution is 2.27. The molecule has 0 aromatic heterocycles. The van der Waals surface area contributed by atoms with E-state index in [-0.39, 0.29) is 5.97 Å². The molecule has 2 rings (SSSR count). The normalized spacial score (nSPS) is 16.6. The quantitative estimate of drug-likeness (QED) is 0.550. The largest absolute Gasteiger partial charge is 0.494 e. The van der Waals surface area contributed by atoms with Crippen LogP contribution in [0.4, 0.5) is 0 Å². The van der Waals surface area contributed by atoms with Gasteiger partial charge in [0.25, 0.3) is 0 Å². The Bertz CT molecular complexity index is 480. The Hall–Kier alpha value is -1.55. The number of unbranched alkanes of at least 4 members (excludes halogenated alkanes) is 1. The van der Waals surface area contributed by atoms with E-state index in [2.05, 4.69) is 4.74 Å². The maximum absolute atomic E-state index is 11.3. The molecule has 0 aliphatic heterocycles. The van der Waals surface area contributed by atoms with Crippen molar-refractivity contribution in [2.45, 2.75) is 63.8 Å². The molecule has 0 bridgehead atoms. The first-order chi connectivity index (χ1) is 11.7. The van der Waals surface area contributed by atoms with Crippen molar-refractivity contribution in [2.75, 3.05) is 13.7 Å². The van der Waals surface area contributed by atoms with Gasteiger partial charge in [-0.15, -0.1) is 0 Å². The minimum absolute atomic E-state index is 0.381. The van der Waals surface area contributed by atoms with E-state index >= 15 is 0 Å². The number of carbonyl (C=O) groups is 1. The molecule has 24 heavy (non-hydrogen) atoms. The van der Waals surface area contributed by atoms with Crippen LogP contribution in [0.1, 0.15) is 56.9 Å². The fraction of sp³-hybridized carbons (Fsp3) is 0.650. The standard InChI is InChI=1S/C20H31NO3/c1-23-20(22)19(21)15-17-10-12-18(13-11-17)24-14-6-5-9-16-7-3-2-4-8-16/h10-13,16,19H,2-9,14-15,21H2,1H3. The van der Waals surface area contributed by atoms with Crippen molar-refractivity contribution in [3.63, 3.8) is 0 Å². The summed E-state index contributed by atoms with van der Waals surface area (Å²) in [5.41, 5.74) is 6.78. The first kappa shape index (κ1) is 18.8. The second kappa shape index (κ2) is 10.3. The molecule has 0 spiro atoms. The Morgan fingerprint density at radius 1 is 1.17 bits per heavy atom. The first-order valence-electron chi connectivity index (χ1n) is 9.24. The van der Waals surface area contributed by atoms with Crippen LogP contribution in [0.3, 0.4) is 0 Å². The lowest BCUT2D eigenvalue weighted by molar-refractivity contribution is -0.142. The second-order valence-electron chi connectivity index (χ2n) is 6.83. The third kappa shape index (κ3) is 6.52. The molecule has 4 heteroatoms. The summed E-state index contributed by atoms with van der Waals surface area (Å²) >= 11 is 0. The third-order valence-electron chi connectivity index (χ3n) is 4.88. The number of hydrogen-bond donors (Lipinski definition) is 1. The lowest BCUT2D eigenvalue weighted by atomic mass is 9.86. The molecular weight excluding hydrogens is 302 g/mol. The molecule has 1 unspecified atom stereocenters. The Labute approximate surface area is 145 Å². The van der Waals surface area contributed by atoms with E-state index in [1.54, 1.807) is 0 Å². The van der Waals surface area contributed by atoms with Crippen molar-refractivity contribution < 1.29 is 14.3 Å². The summed E-state index contributed by atoms with van der Waals surface area (Å²) in [7, 11) is 1.35. The van der Waals surface area contributed by atoms with Crippen LogP contribution in [0.25, 0.3) is 0 Å². The van der Waals surface area contributed by atoms with Crippen LogP contribution in [-0.4, -0.2) is 25.7 Å². The Morgan fingerprint density at radius 2 is 1.88 bits per heavy atom. The van der Waals surface area contributed by atoms with E-state index < -0.39 is 6.04 Å². The summed E-state index contributed by atoms with van der Waals surface area (Å²) in [6.07, 6.45) is 11.3. The van der Waals surface area contributed by atoms with Gasteiger partial charge in [-0.1, -0.05) is 50.7 Å². The lowest BCUT2D eigenvalue weighted by Gasteiger charge is -2.21. The predicted molar refractivity (Wildman–Crippen MR) is 96.1 cm³/mol. The fourth-order valence-electron chi connectivity index (χ4n) is 3.41.